The molecule has 2 heterocycles. The van der Waals surface area contributed by atoms with E-state index in [0.29, 0.717) is 0 Å². The minimum atomic E-state index is 0.288. The number of nitrogens with two attached hydrogens (primary N) is 1. The van der Waals surface area contributed by atoms with E-state index < -0.39 is 0 Å². The number of aromatic nitrogens is 2. The molecule has 104 valence electrons. The Bertz CT molecular complexity index is 642. The van der Waals surface area contributed by atoms with Crippen LogP contribution in [0.15, 0.2) is 24.5 Å². The van der Waals surface area contributed by atoms with Crippen LogP contribution in [0.5, 0.6) is 0 Å². The second-order valence-electron chi connectivity index (χ2n) is 6.18. The van der Waals surface area contributed by atoms with E-state index >= 15 is 0 Å². The molecule has 4 rings (SSSR count). The SMILES string of the molecule is NC1CCn2cnc(-c3ccc4c(c3)CCCC4)c2C1. The van der Waals surface area contributed by atoms with Crippen LogP contribution >= 0.6 is 0 Å². The molecule has 0 radical (unpaired) electrons. The monoisotopic (exact) mass is 267 g/mol. The first-order chi connectivity index (χ1) is 9.81. The van der Waals surface area contributed by atoms with Gasteiger partial charge in [0.25, 0.3) is 0 Å². The quantitative estimate of drug-likeness (QED) is 0.863. The van der Waals surface area contributed by atoms with Gasteiger partial charge in [0, 0.05) is 30.3 Å². The zero-order valence-corrected chi connectivity index (χ0v) is 11.8. The number of hydrogen-bond acceptors (Lipinski definition) is 2. The van der Waals surface area contributed by atoms with Crippen LogP contribution in [0, 0.1) is 0 Å². The second-order valence-corrected chi connectivity index (χ2v) is 6.18. The summed E-state index contributed by atoms with van der Waals surface area (Å²) < 4.78 is 2.28. The minimum absolute atomic E-state index is 0.288. The Labute approximate surface area is 119 Å². The Morgan fingerprint density at radius 3 is 2.90 bits per heavy atom. The molecule has 0 saturated heterocycles. The standard InChI is InChI=1S/C17H21N3/c18-15-7-8-20-11-19-17(16(20)10-15)14-6-5-12-3-1-2-4-13(12)9-14/h5-6,9,11,15H,1-4,7-8,10,18H2. The molecule has 0 saturated carbocycles. The third-order valence-corrected chi connectivity index (χ3v) is 4.76. The summed E-state index contributed by atoms with van der Waals surface area (Å²) >= 11 is 0. The zero-order valence-electron chi connectivity index (χ0n) is 11.8. The van der Waals surface area contributed by atoms with Crippen LogP contribution < -0.4 is 5.73 Å². The van der Waals surface area contributed by atoms with Crippen molar-refractivity contribution in [1.82, 2.24) is 9.55 Å². The molecular weight excluding hydrogens is 246 g/mol. The molecule has 0 amide bonds. The molecule has 0 fully saturated rings. The average Bonchev–Trinajstić information content (AvgIpc) is 2.89. The Hall–Kier alpha value is -1.61. The first kappa shape index (κ1) is 12.2. The lowest BCUT2D eigenvalue weighted by atomic mass is 9.89. The van der Waals surface area contributed by atoms with E-state index in [1.54, 1.807) is 0 Å². The predicted octanol–water partition coefficient (Wildman–Crippen LogP) is 2.70. The van der Waals surface area contributed by atoms with Gasteiger partial charge in [-0.15, -0.1) is 0 Å². The first-order valence-electron chi connectivity index (χ1n) is 7.73. The van der Waals surface area contributed by atoms with Crippen LogP contribution in [0.2, 0.25) is 0 Å². The Morgan fingerprint density at radius 1 is 1.15 bits per heavy atom. The van der Waals surface area contributed by atoms with Crippen LogP contribution in [-0.4, -0.2) is 15.6 Å². The summed E-state index contributed by atoms with van der Waals surface area (Å²) in [4.78, 5) is 4.66. The molecule has 1 aliphatic heterocycles. The van der Waals surface area contributed by atoms with Gasteiger partial charge in [0.2, 0.25) is 0 Å². The number of aryl methyl sites for hydroxylation is 3. The van der Waals surface area contributed by atoms with E-state index in [1.807, 2.05) is 6.33 Å². The highest BCUT2D eigenvalue weighted by molar-refractivity contribution is 5.64. The number of rotatable bonds is 1. The van der Waals surface area contributed by atoms with Gasteiger partial charge in [-0.2, -0.15) is 0 Å². The van der Waals surface area contributed by atoms with Crippen LogP contribution in [0.4, 0.5) is 0 Å². The fraction of sp³-hybridized carbons (Fsp3) is 0.471. The van der Waals surface area contributed by atoms with Crippen molar-refractivity contribution in [2.45, 2.75) is 51.1 Å². The molecule has 3 nitrogen and oxygen atoms in total. The molecule has 1 aliphatic carbocycles. The molecule has 2 aliphatic rings. The van der Waals surface area contributed by atoms with Crippen molar-refractivity contribution in [3.8, 4) is 11.3 Å². The predicted molar refractivity (Wildman–Crippen MR) is 80.6 cm³/mol. The summed E-state index contributed by atoms with van der Waals surface area (Å²) in [5.74, 6) is 0. The van der Waals surface area contributed by atoms with Gasteiger partial charge in [-0.3, -0.25) is 0 Å². The summed E-state index contributed by atoms with van der Waals surface area (Å²) in [7, 11) is 0. The van der Waals surface area contributed by atoms with Crippen LogP contribution in [0.3, 0.4) is 0 Å². The van der Waals surface area contributed by atoms with E-state index in [0.717, 1.165) is 25.1 Å². The molecule has 2 N–H and O–H groups in total. The fourth-order valence-electron chi connectivity index (χ4n) is 3.59. The maximum absolute atomic E-state index is 6.13. The summed E-state index contributed by atoms with van der Waals surface area (Å²) in [5, 5.41) is 0. The van der Waals surface area contributed by atoms with Gasteiger partial charge in [-0.25, -0.2) is 4.98 Å². The first-order valence-corrected chi connectivity index (χ1v) is 7.73. The topological polar surface area (TPSA) is 43.8 Å². The molecule has 1 aromatic heterocycles. The lowest BCUT2D eigenvalue weighted by Crippen LogP contribution is -2.30. The number of nitrogens with zero attached hydrogens (tertiary/aromatic N) is 2. The smallest absolute Gasteiger partial charge is 0.0956 e. The van der Waals surface area contributed by atoms with E-state index in [2.05, 4.69) is 27.8 Å². The zero-order chi connectivity index (χ0) is 13.5. The van der Waals surface area contributed by atoms with Crippen molar-refractivity contribution in [3.63, 3.8) is 0 Å². The molecule has 0 spiro atoms. The summed E-state index contributed by atoms with van der Waals surface area (Å²) in [6.07, 6.45) is 9.11. The van der Waals surface area contributed by atoms with Crippen molar-refractivity contribution in [2.24, 2.45) is 5.73 Å². The molecule has 2 aromatic rings. The average molecular weight is 267 g/mol. The van der Waals surface area contributed by atoms with Crippen LogP contribution in [0.25, 0.3) is 11.3 Å². The highest BCUT2D eigenvalue weighted by Crippen LogP contribution is 2.30. The highest BCUT2D eigenvalue weighted by Gasteiger charge is 2.21. The number of fused-ring (bicyclic) bond motifs is 2. The van der Waals surface area contributed by atoms with Crippen molar-refractivity contribution in [2.75, 3.05) is 0 Å². The number of imidazole rings is 1. The van der Waals surface area contributed by atoms with Crippen molar-refractivity contribution in [3.05, 3.63) is 41.3 Å². The molecule has 20 heavy (non-hydrogen) atoms. The molecule has 1 aromatic carbocycles. The van der Waals surface area contributed by atoms with Gasteiger partial charge in [0.1, 0.15) is 0 Å². The van der Waals surface area contributed by atoms with Gasteiger partial charge < -0.3 is 10.3 Å². The van der Waals surface area contributed by atoms with Crippen molar-refractivity contribution < 1.29 is 0 Å². The normalized spacial score (nSPS) is 21.4. The summed E-state index contributed by atoms with van der Waals surface area (Å²) in [6.45, 7) is 1.01. The second kappa shape index (κ2) is 4.74. The van der Waals surface area contributed by atoms with E-state index in [-0.39, 0.29) is 6.04 Å². The maximum Gasteiger partial charge on any atom is 0.0956 e. The molecule has 0 bridgehead atoms. The number of hydrogen-bond donors (Lipinski definition) is 1. The Balaban J connectivity index is 1.76. The molecule has 1 unspecified atom stereocenters. The van der Waals surface area contributed by atoms with Crippen LogP contribution in [-0.2, 0) is 25.8 Å². The van der Waals surface area contributed by atoms with Gasteiger partial charge >= 0.3 is 0 Å². The van der Waals surface area contributed by atoms with Gasteiger partial charge in [0.15, 0.2) is 0 Å². The minimum Gasteiger partial charge on any atom is -0.334 e. The third-order valence-electron chi connectivity index (χ3n) is 4.76. The highest BCUT2D eigenvalue weighted by atomic mass is 15.1. The van der Waals surface area contributed by atoms with Gasteiger partial charge in [-0.05, 0) is 49.3 Å². The lowest BCUT2D eigenvalue weighted by molar-refractivity contribution is 0.472. The van der Waals surface area contributed by atoms with E-state index in [9.17, 15) is 0 Å². The van der Waals surface area contributed by atoms with Gasteiger partial charge in [-0.1, -0.05) is 12.1 Å². The molecule has 1 atom stereocenters. The largest absolute Gasteiger partial charge is 0.334 e. The lowest BCUT2D eigenvalue weighted by Gasteiger charge is -2.21. The summed E-state index contributed by atoms with van der Waals surface area (Å²) in [5.41, 5.74) is 12.9. The van der Waals surface area contributed by atoms with E-state index in [1.165, 1.54) is 48.1 Å². The Morgan fingerprint density at radius 2 is 2.00 bits per heavy atom. The van der Waals surface area contributed by atoms with Crippen molar-refractivity contribution >= 4 is 0 Å². The fourth-order valence-corrected chi connectivity index (χ4v) is 3.59. The van der Waals surface area contributed by atoms with E-state index in [4.69, 9.17) is 5.73 Å². The summed E-state index contributed by atoms with van der Waals surface area (Å²) in [6, 6.07) is 7.19. The van der Waals surface area contributed by atoms with Crippen molar-refractivity contribution in [1.29, 1.82) is 0 Å². The Kier molecular flexibility index (Phi) is 2.88. The van der Waals surface area contributed by atoms with Gasteiger partial charge in [0.05, 0.1) is 12.0 Å². The maximum atomic E-state index is 6.13. The molecular formula is C17H21N3. The number of benzene rings is 1. The third kappa shape index (κ3) is 1.97. The molecule has 3 heteroatoms. The van der Waals surface area contributed by atoms with Crippen LogP contribution in [0.1, 0.15) is 36.1 Å².